The summed E-state index contributed by atoms with van der Waals surface area (Å²) in [5, 5.41) is 10.7. The maximum Gasteiger partial charge on any atom is 0.472 e. The third-order valence-corrected chi connectivity index (χ3v) is 23.3. The van der Waals surface area contributed by atoms with Crippen LogP contribution in [0, 0.1) is 5.92 Å². The molecule has 0 spiro atoms. The number of carbonyl (C=O) groups is 4. The van der Waals surface area contributed by atoms with Crippen LogP contribution < -0.4 is 0 Å². The van der Waals surface area contributed by atoms with Gasteiger partial charge in [-0.25, -0.2) is 9.13 Å². The van der Waals surface area contributed by atoms with Crippen LogP contribution in [0.1, 0.15) is 484 Å². The summed E-state index contributed by atoms with van der Waals surface area (Å²) in [6.45, 7) is 7.44. The van der Waals surface area contributed by atoms with Gasteiger partial charge >= 0.3 is 39.5 Å². The molecule has 0 aromatic rings. The number of phosphoric ester groups is 2. The van der Waals surface area contributed by atoms with E-state index in [0.717, 1.165) is 95.8 Å². The second-order valence-corrected chi connectivity index (χ2v) is 35.1. The monoisotopic (exact) mass is 1580 g/mol. The predicted octanol–water partition coefficient (Wildman–Crippen LogP) is 27.5. The van der Waals surface area contributed by atoms with E-state index in [9.17, 15) is 43.2 Å². The Hall–Kier alpha value is -1.94. The van der Waals surface area contributed by atoms with Gasteiger partial charge in [-0.15, -0.1) is 0 Å². The summed E-state index contributed by atoms with van der Waals surface area (Å²) < 4.78 is 68.9. The topological polar surface area (TPSA) is 237 Å². The van der Waals surface area contributed by atoms with Crippen molar-refractivity contribution in [2.24, 2.45) is 5.92 Å². The fraction of sp³-hybridized carbons (Fsp3) is 0.955. The van der Waals surface area contributed by atoms with Crippen LogP contribution in [0.4, 0.5) is 0 Å². The number of phosphoric acid groups is 2. The molecule has 0 aliphatic carbocycles. The van der Waals surface area contributed by atoms with Crippen molar-refractivity contribution in [1.29, 1.82) is 0 Å². The Bertz CT molecular complexity index is 2050. The lowest BCUT2D eigenvalue weighted by atomic mass is 9.99. The van der Waals surface area contributed by atoms with Gasteiger partial charge in [-0.1, -0.05) is 433 Å². The summed E-state index contributed by atoms with van der Waals surface area (Å²) in [4.78, 5) is 73.3. The summed E-state index contributed by atoms with van der Waals surface area (Å²) in [5.41, 5.74) is 0. The molecule has 6 atom stereocenters. The molecule has 0 rings (SSSR count). The van der Waals surface area contributed by atoms with Crippen LogP contribution in [0.15, 0.2) is 0 Å². The van der Waals surface area contributed by atoms with Gasteiger partial charge in [0, 0.05) is 25.7 Å². The Kier molecular flexibility index (Phi) is 80.2. The molecule has 0 saturated heterocycles. The van der Waals surface area contributed by atoms with Gasteiger partial charge in [0.2, 0.25) is 0 Å². The minimum absolute atomic E-state index is 0.108. The second kappa shape index (κ2) is 81.6. The Morgan fingerprint density at radius 3 is 0.657 bits per heavy atom. The molecule has 0 bridgehead atoms. The summed E-state index contributed by atoms with van der Waals surface area (Å²) in [5.74, 6) is -1.23. The number of aliphatic hydroxyl groups excluding tert-OH is 1. The molecule has 0 radical (unpaired) electrons. The minimum atomic E-state index is -4.97. The number of hydrogen-bond acceptors (Lipinski definition) is 15. The van der Waals surface area contributed by atoms with Crippen LogP contribution in [-0.2, 0) is 65.4 Å². The molecule has 0 aromatic heterocycles. The van der Waals surface area contributed by atoms with E-state index in [1.807, 2.05) is 0 Å². The van der Waals surface area contributed by atoms with Crippen molar-refractivity contribution in [3.8, 4) is 0 Å². The molecule has 108 heavy (non-hydrogen) atoms. The Morgan fingerprint density at radius 2 is 0.444 bits per heavy atom. The maximum absolute atomic E-state index is 13.2. The molecule has 17 nitrogen and oxygen atoms in total. The minimum Gasteiger partial charge on any atom is -0.462 e. The number of hydrogen-bond donors (Lipinski definition) is 3. The smallest absolute Gasteiger partial charge is 0.462 e. The summed E-state index contributed by atoms with van der Waals surface area (Å²) in [6.07, 6.45) is 76.4. The third kappa shape index (κ3) is 80.7. The highest BCUT2D eigenvalue weighted by atomic mass is 31.2. The van der Waals surface area contributed by atoms with Crippen molar-refractivity contribution in [3.05, 3.63) is 0 Å². The zero-order valence-electron chi connectivity index (χ0n) is 71.0. The van der Waals surface area contributed by atoms with E-state index in [1.54, 1.807) is 0 Å². The lowest BCUT2D eigenvalue weighted by Gasteiger charge is -2.21. The van der Waals surface area contributed by atoms with Gasteiger partial charge < -0.3 is 33.8 Å². The van der Waals surface area contributed by atoms with Crippen LogP contribution in [-0.4, -0.2) is 96.7 Å². The van der Waals surface area contributed by atoms with E-state index in [2.05, 4.69) is 34.6 Å². The fourth-order valence-corrected chi connectivity index (χ4v) is 15.5. The van der Waals surface area contributed by atoms with Gasteiger partial charge in [-0.2, -0.15) is 0 Å². The number of rotatable bonds is 89. The molecule has 0 saturated carbocycles. The van der Waals surface area contributed by atoms with E-state index in [4.69, 9.17) is 37.0 Å². The van der Waals surface area contributed by atoms with Gasteiger partial charge in [-0.05, 0) is 31.6 Å². The number of esters is 4. The van der Waals surface area contributed by atoms with E-state index >= 15 is 0 Å². The fourth-order valence-electron chi connectivity index (χ4n) is 14.0. The third-order valence-electron chi connectivity index (χ3n) is 21.4. The second-order valence-electron chi connectivity index (χ2n) is 32.2. The van der Waals surface area contributed by atoms with E-state index < -0.39 is 97.5 Å². The van der Waals surface area contributed by atoms with E-state index in [-0.39, 0.29) is 25.7 Å². The average Bonchev–Trinajstić information content (AvgIpc) is 0.901. The van der Waals surface area contributed by atoms with Crippen molar-refractivity contribution >= 4 is 39.5 Å². The molecule has 0 aliphatic rings. The molecular formula is C89H174O17P2. The average molecular weight is 1580 g/mol. The van der Waals surface area contributed by atoms with E-state index in [1.165, 1.54) is 308 Å². The first-order chi connectivity index (χ1) is 52.6. The van der Waals surface area contributed by atoms with Crippen molar-refractivity contribution in [2.75, 3.05) is 39.6 Å². The van der Waals surface area contributed by atoms with Crippen molar-refractivity contribution in [2.45, 2.75) is 502 Å². The Labute approximate surface area is 664 Å². The van der Waals surface area contributed by atoms with Gasteiger partial charge in [0.15, 0.2) is 12.2 Å². The quantitative estimate of drug-likeness (QED) is 0.0222. The lowest BCUT2D eigenvalue weighted by molar-refractivity contribution is -0.161. The Balaban J connectivity index is 5.20. The number of unbranched alkanes of at least 4 members (excludes halogenated alkanes) is 60. The number of carbonyl (C=O) groups excluding carboxylic acids is 4. The van der Waals surface area contributed by atoms with Crippen molar-refractivity contribution < 1.29 is 80.2 Å². The summed E-state index contributed by atoms with van der Waals surface area (Å²) in [7, 11) is -9.93. The van der Waals surface area contributed by atoms with Gasteiger partial charge in [-0.3, -0.25) is 37.3 Å². The molecular weight excluding hydrogens is 1400 g/mol. The number of aliphatic hydroxyl groups is 1. The largest absolute Gasteiger partial charge is 0.472 e. The zero-order chi connectivity index (χ0) is 79.0. The summed E-state index contributed by atoms with van der Waals surface area (Å²) >= 11 is 0. The highest BCUT2D eigenvalue weighted by Gasteiger charge is 2.31. The molecule has 0 fully saturated rings. The number of ether oxygens (including phenoxy) is 4. The van der Waals surface area contributed by atoms with Crippen LogP contribution >= 0.6 is 15.6 Å². The van der Waals surface area contributed by atoms with Gasteiger partial charge in [0.25, 0.3) is 0 Å². The molecule has 0 aromatic carbocycles. The van der Waals surface area contributed by atoms with Crippen LogP contribution in [0.2, 0.25) is 0 Å². The predicted molar refractivity (Wildman–Crippen MR) is 446 cm³/mol. The first-order valence-corrected chi connectivity index (χ1v) is 49.2. The maximum atomic E-state index is 13.2. The Morgan fingerprint density at radius 1 is 0.259 bits per heavy atom. The molecule has 3 unspecified atom stereocenters. The molecule has 0 amide bonds. The van der Waals surface area contributed by atoms with Crippen LogP contribution in [0.25, 0.3) is 0 Å². The van der Waals surface area contributed by atoms with E-state index in [0.29, 0.717) is 25.7 Å². The van der Waals surface area contributed by atoms with Crippen LogP contribution in [0.5, 0.6) is 0 Å². The standard InChI is InChI=1S/C89H174O17P2/c1-6-10-13-16-19-22-25-27-28-29-30-31-32-33-37-40-44-48-53-58-63-68-73-87(92)100-79-85(106-89(94)75-70-65-60-55-50-45-41-38-35-34-36-39-43-47-51-56-61-66-71-82(5)9-4)81-104-108(97,98)102-77-83(90)76-101-107(95,96)103-80-84(78-99-86(91)72-67-62-57-52-46-24-21-18-15-12-8-3)105-88(93)74-69-64-59-54-49-42-26-23-20-17-14-11-7-2/h82-85,90H,6-81H2,1-5H3,(H,95,96)(H,97,98)/t82?,83-,84+,85+/m0/s1. The summed E-state index contributed by atoms with van der Waals surface area (Å²) in [6, 6.07) is 0. The van der Waals surface area contributed by atoms with Gasteiger partial charge in [0.05, 0.1) is 26.4 Å². The highest BCUT2D eigenvalue weighted by Crippen LogP contribution is 2.45. The van der Waals surface area contributed by atoms with Crippen molar-refractivity contribution in [3.63, 3.8) is 0 Å². The first kappa shape index (κ1) is 106. The molecule has 3 N–H and O–H groups in total. The molecule has 0 aliphatic heterocycles. The normalized spacial score (nSPS) is 14.0. The van der Waals surface area contributed by atoms with Gasteiger partial charge in [0.1, 0.15) is 19.3 Å². The SMILES string of the molecule is CCCCCCCCCCCCCCCCCCCCCCCCC(=O)OC[C@H](COP(=O)(O)OC[C@@H](O)COP(=O)(O)OC[C@@H](COC(=O)CCCCCCCCCCCCC)OC(=O)CCCCCCCCCCCCCCC)OC(=O)CCCCCCCCCCCCCCCCCCCCC(C)CC. The molecule has 19 heteroatoms. The first-order valence-electron chi connectivity index (χ1n) is 46.2. The zero-order valence-corrected chi connectivity index (χ0v) is 72.8. The molecule has 642 valence electrons. The lowest BCUT2D eigenvalue weighted by Crippen LogP contribution is -2.30. The van der Waals surface area contributed by atoms with Crippen molar-refractivity contribution in [1.82, 2.24) is 0 Å². The highest BCUT2D eigenvalue weighted by molar-refractivity contribution is 7.47. The van der Waals surface area contributed by atoms with Crippen LogP contribution in [0.3, 0.4) is 0 Å². The molecule has 0 heterocycles.